The highest BCUT2D eigenvalue weighted by atomic mass is 14.6. The van der Waals surface area contributed by atoms with Gasteiger partial charge in [-0.1, -0.05) is 24.0 Å². The van der Waals surface area contributed by atoms with Gasteiger partial charge in [0.05, 0.1) is 5.56 Å². The van der Waals surface area contributed by atoms with Crippen LogP contribution in [0.25, 0.3) is 0 Å². The molecule has 0 amide bonds. The van der Waals surface area contributed by atoms with Crippen molar-refractivity contribution in [2.24, 2.45) is 0 Å². The van der Waals surface area contributed by atoms with Crippen LogP contribution >= 0.6 is 0 Å². The minimum Gasteiger partial charge on any atom is -0.262 e. The summed E-state index contributed by atoms with van der Waals surface area (Å²) in [6.45, 7) is 2.03. The lowest BCUT2D eigenvalue weighted by Gasteiger charge is -1.93. The molecule has 1 aromatic carbocycles. The van der Waals surface area contributed by atoms with Gasteiger partial charge in [-0.25, -0.2) is 0 Å². The molecule has 80 valence electrons. The molecule has 0 fully saturated rings. The van der Waals surface area contributed by atoms with Gasteiger partial charge in [0, 0.05) is 23.5 Å². The first-order valence-electron chi connectivity index (χ1n) is 5.22. The van der Waals surface area contributed by atoms with Gasteiger partial charge >= 0.3 is 0 Å². The molecular weight excluding hydrogens is 208 g/mol. The van der Waals surface area contributed by atoms with Crippen molar-refractivity contribution >= 4 is 0 Å². The summed E-state index contributed by atoms with van der Waals surface area (Å²) < 4.78 is 0. The Kier molecular flexibility index (Phi) is 3.19. The molecule has 2 aromatic rings. The smallest absolute Gasteiger partial charge is 0.101 e. The van der Waals surface area contributed by atoms with E-state index in [-0.39, 0.29) is 0 Å². The molecule has 1 aromatic heterocycles. The summed E-state index contributed by atoms with van der Waals surface area (Å²) >= 11 is 0. The van der Waals surface area contributed by atoms with Crippen LogP contribution in [0.5, 0.6) is 0 Å². The molecule has 0 atom stereocenters. The maximum Gasteiger partial charge on any atom is 0.101 e. The molecule has 17 heavy (non-hydrogen) atoms. The van der Waals surface area contributed by atoms with Gasteiger partial charge in [-0.15, -0.1) is 0 Å². The Labute approximate surface area is 101 Å². The van der Waals surface area contributed by atoms with Crippen molar-refractivity contribution in [1.29, 1.82) is 5.26 Å². The SMILES string of the molecule is Cc1cccc(C#Cc2cncc(C#N)c2)c1. The van der Waals surface area contributed by atoms with Crippen LogP contribution in [0.3, 0.4) is 0 Å². The second-order valence-electron chi connectivity index (χ2n) is 3.69. The Morgan fingerprint density at radius 2 is 1.76 bits per heavy atom. The fourth-order valence-electron chi connectivity index (χ4n) is 1.44. The van der Waals surface area contributed by atoms with E-state index >= 15 is 0 Å². The highest BCUT2D eigenvalue weighted by molar-refractivity contribution is 5.45. The van der Waals surface area contributed by atoms with Crippen molar-refractivity contribution in [2.75, 3.05) is 0 Å². The predicted molar refractivity (Wildman–Crippen MR) is 66.1 cm³/mol. The van der Waals surface area contributed by atoms with Crippen LogP contribution in [0.1, 0.15) is 22.3 Å². The molecule has 0 saturated heterocycles. The highest BCUT2D eigenvalue weighted by Gasteiger charge is 1.92. The average molecular weight is 218 g/mol. The Morgan fingerprint density at radius 3 is 2.53 bits per heavy atom. The second kappa shape index (κ2) is 4.96. The molecule has 0 aliphatic heterocycles. The Balaban J connectivity index is 2.30. The van der Waals surface area contributed by atoms with Gasteiger partial charge < -0.3 is 0 Å². The number of nitriles is 1. The van der Waals surface area contributed by atoms with E-state index in [1.165, 1.54) is 11.8 Å². The number of hydrogen-bond donors (Lipinski definition) is 0. The molecule has 0 saturated carbocycles. The molecule has 0 unspecified atom stereocenters. The molecule has 1 heterocycles. The zero-order valence-corrected chi connectivity index (χ0v) is 9.44. The molecule has 0 N–H and O–H groups in total. The van der Waals surface area contributed by atoms with Crippen molar-refractivity contribution < 1.29 is 0 Å². The molecule has 0 spiro atoms. The third-order valence-electron chi connectivity index (χ3n) is 2.24. The van der Waals surface area contributed by atoms with Gasteiger partial charge in [-0.05, 0) is 30.7 Å². The topological polar surface area (TPSA) is 36.7 Å². The first-order chi connectivity index (χ1) is 8.28. The zero-order valence-electron chi connectivity index (χ0n) is 9.44. The fraction of sp³-hybridized carbons (Fsp3) is 0.0667. The van der Waals surface area contributed by atoms with Crippen LogP contribution in [0, 0.1) is 30.1 Å². The van der Waals surface area contributed by atoms with E-state index in [1.807, 2.05) is 37.3 Å². The summed E-state index contributed by atoms with van der Waals surface area (Å²) in [4.78, 5) is 3.96. The number of benzene rings is 1. The van der Waals surface area contributed by atoms with Crippen LogP contribution in [-0.4, -0.2) is 4.98 Å². The van der Waals surface area contributed by atoms with E-state index in [0.717, 1.165) is 11.1 Å². The van der Waals surface area contributed by atoms with E-state index in [4.69, 9.17) is 5.26 Å². The molecule has 0 radical (unpaired) electrons. The van der Waals surface area contributed by atoms with Crippen LogP contribution in [0.15, 0.2) is 42.7 Å². The van der Waals surface area contributed by atoms with Crippen LogP contribution in [0.2, 0.25) is 0 Å². The number of aromatic nitrogens is 1. The van der Waals surface area contributed by atoms with E-state index in [9.17, 15) is 0 Å². The highest BCUT2D eigenvalue weighted by Crippen LogP contribution is 2.03. The quantitative estimate of drug-likeness (QED) is 0.637. The number of nitrogens with zero attached hydrogens (tertiary/aromatic N) is 2. The van der Waals surface area contributed by atoms with Gasteiger partial charge in [-0.2, -0.15) is 5.26 Å². The number of aryl methyl sites for hydroxylation is 1. The molecule has 2 nitrogen and oxygen atoms in total. The van der Waals surface area contributed by atoms with Crippen molar-refractivity contribution in [2.45, 2.75) is 6.92 Å². The number of rotatable bonds is 0. The standard InChI is InChI=1S/C15H10N2/c1-12-3-2-4-13(7-12)5-6-14-8-15(9-16)11-17-10-14/h2-4,7-8,10-11H,1H3. The summed E-state index contributed by atoms with van der Waals surface area (Å²) in [7, 11) is 0. The van der Waals surface area contributed by atoms with Crippen molar-refractivity contribution in [1.82, 2.24) is 4.98 Å². The first kappa shape index (κ1) is 10.9. The van der Waals surface area contributed by atoms with Gasteiger partial charge in [0.15, 0.2) is 0 Å². The lowest BCUT2D eigenvalue weighted by Crippen LogP contribution is -1.82. The molecular formula is C15H10N2. The summed E-state index contributed by atoms with van der Waals surface area (Å²) in [6.07, 6.45) is 3.18. The van der Waals surface area contributed by atoms with Gasteiger partial charge in [0.2, 0.25) is 0 Å². The van der Waals surface area contributed by atoms with E-state index < -0.39 is 0 Å². The third kappa shape index (κ3) is 2.93. The lowest BCUT2D eigenvalue weighted by molar-refractivity contribution is 1.29. The maximum absolute atomic E-state index is 8.75. The summed E-state index contributed by atoms with van der Waals surface area (Å²) in [5.41, 5.74) is 3.43. The second-order valence-corrected chi connectivity index (χ2v) is 3.69. The van der Waals surface area contributed by atoms with E-state index in [2.05, 4.69) is 16.8 Å². The minimum absolute atomic E-state index is 0.529. The Bertz CT molecular complexity index is 640. The normalized spacial score (nSPS) is 8.94. The summed E-state index contributed by atoms with van der Waals surface area (Å²) in [5, 5.41) is 8.75. The van der Waals surface area contributed by atoms with Crippen LogP contribution in [-0.2, 0) is 0 Å². The monoisotopic (exact) mass is 218 g/mol. The molecule has 0 aliphatic rings. The van der Waals surface area contributed by atoms with Gasteiger partial charge in [-0.3, -0.25) is 4.98 Å². The molecule has 0 aliphatic carbocycles. The van der Waals surface area contributed by atoms with E-state index in [1.54, 1.807) is 12.3 Å². The maximum atomic E-state index is 8.75. The Morgan fingerprint density at radius 1 is 1.00 bits per heavy atom. The summed E-state index contributed by atoms with van der Waals surface area (Å²) in [6, 6.07) is 11.8. The van der Waals surface area contributed by atoms with Crippen molar-refractivity contribution in [3.63, 3.8) is 0 Å². The van der Waals surface area contributed by atoms with Crippen molar-refractivity contribution in [3.8, 4) is 17.9 Å². The average Bonchev–Trinajstić information content (AvgIpc) is 2.37. The predicted octanol–water partition coefficient (Wildman–Crippen LogP) is 2.66. The zero-order chi connectivity index (χ0) is 12.1. The molecule has 2 rings (SSSR count). The van der Waals surface area contributed by atoms with Crippen LogP contribution < -0.4 is 0 Å². The first-order valence-corrected chi connectivity index (χ1v) is 5.22. The molecule has 2 heteroatoms. The third-order valence-corrected chi connectivity index (χ3v) is 2.24. The largest absolute Gasteiger partial charge is 0.262 e. The summed E-state index contributed by atoms with van der Waals surface area (Å²) in [5.74, 6) is 6.05. The Hall–Kier alpha value is -2.58. The van der Waals surface area contributed by atoms with Gasteiger partial charge in [0.25, 0.3) is 0 Å². The van der Waals surface area contributed by atoms with Gasteiger partial charge in [0.1, 0.15) is 6.07 Å². The minimum atomic E-state index is 0.529. The fourth-order valence-corrected chi connectivity index (χ4v) is 1.44. The lowest BCUT2D eigenvalue weighted by atomic mass is 10.1. The van der Waals surface area contributed by atoms with Crippen molar-refractivity contribution in [3.05, 3.63) is 65.0 Å². The number of pyridine rings is 1. The molecule has 0 bridgehead atoms. The van der Waals surface area contributed by atoms with Crippen LogP contribution in [0.4, 0.5) is 0 Å². The number of hydrogen-bond acceptors (Lipinski definition) is 2. The van der Waals surface area contributed by atoms with E-state index in [0.29, 0.717) is 5.56 Å².